The monoisotopic (exact) mass is 461 g/mol. The second-order valence-corrected chi connectivity index (χ2v) is 7.19. The summed E-state index contributed by atoms with van der Waals surface area (Å²) < 4.78 is 19.4. The predicted molar refractivity (Wildman–Crippen MR) is 119 cm³/mol. The van der Waals surface area contributed by atoms with Gasteiger partial charge in [0.25, 0.3) is 17.5 Å². The van der Waals surface area contributed by atoms with Crippen LogP contribution in [-0.2, 0) is 16.2 Å². The number of imide groups is 2. The van der Waals surface area contributed by atoms with Gasteiger partial charge in [0.15, 0.2) is 0 Å². The number of nitrogens with one attached hydrogen (secondary N) is 1. The number of para-hydroxylation sites is 1. The highest BCUT2D eigenvalue weighted by Gasteiger charge is 2.37. The predicted octanol–water partition coefficient (Wildman–Crippen LogP) is 3.98. The fourth-order valence-electron chi connectivity index (χ4n) is 3.31. The van der Waals surface area contributed by atoms with E-state index in [9.17, 15) is 28.9 Å². The van der Waals surface area contributed by atoms with Crippen LogP contribution in [0.25, 0.3) is 6.08 Å². The minimum atomic E-state index is -0.993. The van der Waals surface area contributed by atoms with Gasteiger partial charge in [0.1, 0.15) is 23.7 Å². The molecule has 0 atom stereocenters. The number of hydrogen-bond donors (Lipinski definition) is 1. The van der Waals surface area contributed by atoms with Gasteiger partial charge in [-0.1, -0.05) is 36.4 Å². The number of nitro benzene ring substituents is 1. The number of non-ortho nitro benzene ring substituents is 1. The van der Waals surface area contributed by atoms with E-state index in [0.29, 0.717) is 21.8 Å². The third-order valence-corrected chi connectivity index (χ3v) is 4.90. The lowest BCUT2D eigenvalue weighted by molar-refractivity contribution is -0.384. The van der Waals surface area contributed by atoms with Gasteiger partial charge in [-0.15, -0.1) is 0 Å². The second-order valence-electron chi connectivity index (χ2n) is 7.19. The molecular formula is C24H16FN3O6. The molecule has 34 heavy (non-hydrogen) atoms. The fraction of sp³-hybridized carbons (Fsp3) is 0.0417. The van der Waals surface area contributed by atoms with Crippen molar-refractivity contribution in [3.05, 3.63) is 105 Å². The largest absolute Gasteiger partial charge is 0.488 e. The molecule has 1 N–H and O–H groups in total. The highest BCUT2D eigenvalue weighted by atomic mass is 19.1. The van der Waals surface area contributed by atoms with Crippen LogP contribution >= 0.6 is 0 Å². The van der Waals surface area contributed by atoms with Crippen molar-refractivity contribution in [3.8, 4) is 5.75 Å². The molecule has 3 aromatic rings. The number of nitrogens with zero attached hydrogens (tertiary/aromatic N) is 2. The van der Waals surface area contributed by atoms with Crippen LogP contribution in [0, 0.1) is 15.9 Å². The molecule has 0 saturated carbocycles. The van der Waals surface area contributed by atoms with Crippen LogP contribution in [0.5, 0.6) is 5.75 Å². The molecule has 1 aliphatic heterocycles. The van der Waals surface area contributed by atoms with Crippen molar-refractivity contribution >= 4 is 35.3 Å². The van der Waals surface area contributed by atoms with E-state index < -0.39 is 28.6 Å². The van der Waals surface area contributed by atoms with Gasteiger partial charge in [0.2, 0.25) is 0 Å². The normalized spacial score (nSPS) is 14.8. The standard InChI is InChI=1S/C24H16FN3O6/c25-17-7-4-8-18(13-17)27-23(30)20(22(29)26-24(27)31)12-16-6-1-2-10-21(16)34-14-15-5-3-9-19(11-15)28(32)33/h1-13H,14H2,(H,26,29,31)/b20-12+. The van der Waals surface area contributed by atoms with E-state index in [2.05, 4.69) is 5.32 Å². The summed E-state index contributed by atoms with van der Waals surface area (Å²) >= 11 is 0. The molecule has 4 amide bonds. The Kier molecular flexibility index (Phi) is 6.13. The lowest BCUT2D eigenvalue weighted by Crippen LogP contribution is -2.54. The van der Waals surface area contributed by atoms with Crippen LogP contribution < -0.4 is 15.0 Å². The van der Waals surface area contributed by atoms with Crippen LogP contribution in [0.15, 0.2) is 78.4 Å². The van der Waals surface area contributed by atoms with Gasteiger partial charge in [-0.25, -0.2) is 14.1 Å². The second kappa shape index (κ2) is 9.33. The smallest absolute Gasteiger partial charge is 0.335 e. The van der Waals surface area contributed by atoms with Crippen molar-refractivity contribution in [1.82, 2.24) is 5.32 Å². The van der Waals surface area contributed by atoms with Crippen molar-refractivity contribution in [2.24, 2.45) is 0 Å². The molecule has 0 aromatic heterocycles. The summed E-state index contributed by atoms with van der Waals surface area (Å²) in [5.41, 5.74) is 0.445. The molecule has 1 fully saturated rings. The third kappa shape index (κ3) is 4.65. The van der Waals surface area contributed by atoms with Crippen molar-refractivity contribution in [2.45, 2.75) is 6.61 Å². The molecule has 4 rings (SSSR count). The topological polar surface area (TPSA) is 119 Å². The van der Waals surface area contributed by atoms with Gasteiger partial charge in [-0.3, -0.25) is 25.0 Å². The van der Waals surface area contributed by atoms with E-state index in [1.54, 1.807) is 30.3 Å². The van der Waals surface area contributed by atoms with Crippen molar-refractivity contribution < 1.29 is 28.4 Å². The Morgan fingerprint density at radius 2 is 1.76 bits per heavy atom. The Labute approximate surface area is 192 Å². The molecule has 0 bridgehead atoms. The number of carbonyl (C=O) groups excluding carboxylic acids is 3. The van der Waals surface area contributed by atoms with Crippen LogP contribution in [0.3, 0.4) is 0 Å². The van der Waals surface area contributed by atoms with Crippen molar-refractivity contribution in [3.63, 3.8) is 0 Å². The number of benzene rings is 3. The molecule has 1 aliphatic rings. The number of anilines is 1. The molecule has 1 heterocycles. The molecule has 0 spiro atoms. The van der Waals surface area contributed by atoms with E-state index in [1.807, 2.05) is 0 Å². The molecule has 170 valence electrons. The molecule has 9 nitrogen and oxygen atoms in total. The zero-order valence-corrected chi connectivity index (χ0v) is 17.4. The van der Waals surface area contributed by atoms with E-state index in [1.165, 1.54) is 36.4 Å². The SMILES string of the molecule is O=C1NC(=O)N(c2cccc(F)c2)C(=O)/C1=C/c1ccccc1OCc1cccc([N+](=O)[O-])c1. The molecule has 3 aromatic carbocycles. The minimum Gasteiger partial charge on any atom is -0.488 e. The Balaban J connectivity index is 1.63. The average molecular weight is 461 g/mol. The molecule has 0 unspecified atom stereocenters. The van der Waals surface area contributed by atoms with E-state index in [-0.39, 0.29) is 23.6 Å². The number of halogens is 1. The number of nitro groups is 1. The van der Waals surface area contributed by atoms with Gasteiger partial charge in [0, 0.05) is 17.7 Å². The van der Waals surface area contributed by atoms with Gasteiger partial charge in [-0.05, 0) is 35.9 Å². The summed E-state index contributed by atoms with van der Waals surface area (Å²) in [5, 5.41) is 13.0. The summed E-state index contributed by atoms with van der Waals surface area (Å²) in [7, 11) is 0. The van der Waals surface area contributed by atoms with E-state index in [4.69, 9.17) is 4.74 Å². The van der Waals surface area contributed by atoms with Gasteiger partial charge < -0.3 is 4.74 Å². The number of barbiturate groups is 1. The van der Waals surface area contributed by atoms with Crippen molar-refractivity contribution in [1.29, 1.82) is 0 Å². The first-order valence-electron chi connectivity index (χ1n) is 9.95. The molecule has 10 heteroatoms. The highest BCUT2D eigenvalue weighted by molar-refractivity contribution is 6.39. The number of urea groups is 1. The maximum atomic E-state index is 13.6. The number of amides is 4. The molecule has 1 saturated heterocycles. The Hall–Kier alpha value is -4.86. The Morgan fingerprint density at radius 3 is 2.53 bits per heavy atom. The lowest BCUT2D eigenvalue weighted by Gasteiger charge is -2.26. The highest BCUT2D eigenvalue weighted by Crippen LogP contribution is 2.26. The number of ether oxygens (including phenoxy) is 1. The summed E-state index contributed by atoms with van der Waals surface area (Å²) in [6, 6.07) is 16.3. The summed E-state index contributed by atoms with van der Waals surface area (Å²) in [4.78, 5) is 48.8. The number of carbonyl (C=O) groups is 3. The van der Waals surface area contributed by atoms with Gasteiger partial charge in [-0.2, -0.15) is 0 Å². The first kappa shape index (κ1) is 22.3. The maximum absolute atomic E-state index is 13.6. The van der Waals surface area contributed by atoms with Gasteiger partial charge >= 0.3 is 6.03 Å². The molecule has 0 aliphatic carbocycles. The number of rotatable bonds is 6. The van der Waals surface area contributed by atoms with E-state index >= 15 is 0 Å². The number of hydrogen-bond acceptors (Lipinski definition) is 6. The Morgan fingerprint density at radius 1 is 1.00 bits per heavy atom. The Bertz CT molecular complexity index is 1350. The van der Waals surface area contributed by atoms with Gasteiger partial charge in [0.05, 0.1) is 10.6 Å². The summed E-state index contributed by atoms with van der Waals surface area (Å²) in [6.07, 6.45) is 1.26. The quantitative estimate of drug-likeness (QED) is 0.257. The van der Waals surface area contributed by atoms with Crippen molar-refractivity contribution in [2.75, 3.05) is 4.90 Å². The molecular weight excluding hydrogens is 445 g/mol. The first-order chi connectivity index (χ1) is 16.3. The minimum absolute atomic E-state index is 0.00405. The summed E-state index contributed by atoms with van der Waals surface area (Å²) in [5.74, 6) is -2.18. The first-order valence-corrected chi connectivity index (χ1v) is 9.95. The third-order valence-electron chi connectivity index (χ3n) is 4.90. The lowest BCUT2D eigenvalue weighted by atomic mass is 10.1. The summed E-state index contributed by atoms with van der Waals surface area (Å²) in [6.45, 7) is -0.00405. The van der Waals surface area contributed by atoms with E-state index in [0.717, 1.165) is 12.1 Å². The van der Waals surface area contributed by atoms with Crippen LogP contribution in [0.4, 0.5) is 20.6 Å². The van der Waals surface area contributed by atoms with Crippen LogP contribution in [0.1, 0.15) is 11.1 Å². The zero-order valence-electron chi connectivity index (χ0n) is 17.4. The zero-order chi connectivity index (χ0) is 24.2. The maximum Gasteiger partial charge on any atom is 0.335 e. The fourth-order valence-corrected chi connectivity index (χ4v) is 3.31. The van der Waals surface area contributed by atoms with Crippen LogP contribution in [-0.4, -0.2) is 22.8 Å². The van der Waals surface area contributed by atoms with Crippen LogP contribution in [0.2, 0.25) is 0 Å². The average Bonchev–Trinajstić information content (AvgIpc) is 2.81. The molecule has 0 radical (unpaired) electrons.